The quantitative estimate of drug-likeness (QED) is 0.791. The number of carbonyl (C=O) groups is 1. The molecule has 1 amide bonds. The first-order valence-electron chi connectivity index (χ1n) is 6.12. The third-order valence-electron chi connectivity index (χ3n) is 2.69. The molecule has 0 aromatic heterocycles. The molecule has 0 atom stereocenters. The van der Waals surface area contributed by atoms with Crippen molar-refractivity contribution in [1.82, 2.24) is 10.4 Å². The number of hydrazine groups is 1. The summed E-state index contributed by atoms with van der Waals surface area (Å²) in [6, 6.07) is 4.01. The van der Waals surface area contributed by atoms with Gasteiger partial charge in [0.1, 0.15) is 12.4 Å². The number of rotatable bonds is 6. The van der Waals surface area contributed by atoms with Crippen molar-refractivity contribution in [3.05, 3.63) is 28.8 Å². The Hall–Kier alpha value is -1.59. The fourth-order valence-corrected chi connectivity index (χ4v) is 1.76. The average Bonchev–Trinajstić information content (AvgIpc) is 2.32. The summed E-state index contributed by atoms with van der Waals surface area (Å²) in [4.78, 5) is 11.4. The third-order valence-corrected chi connectivity index (χ3v) is 2.69. The highest BCUT2D eigenvalue weighted by Gasteiger charge is 2.07. The first-order chi connectivity index (χ1) is 8.93. The van der Waals surface area contributed by atoms with E-state index in [1.165, 1.54) is 0 Å². The zero-order valence-electron chi connectivity index (χ0n) is 12.2. The summed E-state index contributed by atoms with van der Waals surface area (Å²) in [5.74, 6) is 0.708. The van der Waals surface area contributed by atoms with Crippen LogP contribution in [0, 0.1) is 13.8 Å². The minimum Gasteiger partial charge on any atom is -0.496 e. The highest BCUT2D eigenvalue weighted by atomic mass is 16.5. The van der Waals surface area contributed by atoms with Gasteiger partial charge in [0.25, 0.3) is 5.91 Å². The lowest BCUT2D eigenvalue weighted by Gasteiger charge is -2.13. The maximum atomic E-state index is 11.4. The molecule has 19 heavy (non-hydrogen) atoms. The molecule has 1 rings (SSSR count). The van der Waals surface area contributed by atoms with Crippen LogP contribution in [0.15, 0.2) is 12.1 Å². The standard InChI is InChI=1S/C14H22N2O3/c1-10-7-13(18-5)11(2)6-12(10)8-19-9-14(17)15-16(3)4/h6-7H,8-9H2,1-5H3,(H,15,17). The maximum Gasteiger partial charge on any atom is 0.260 e. The minimum atomic E-state index is -0.159. The van der Waals surface area contributed by atoms with Gasteiger partial charge in [0.05, 0.1) is 13.7 Å². The van der Waals surface area contributed by atoms with E-state index in [1.54, 1.807) is 26.2 Å². The molecule has 0 aliphatic rings. The van der Waals surface area contributed by atoms with Crippen LogP contribution in [0.25, 0.3) is 0 Å². The molecule has 1 aromatic rings. The second-order valence-electron chi connectivity index (χ2n) is 4.67. The van der Waals surface area contributed by atoms with Crippen molar-refractivity contribution in [2.45, 2.75) is 20.5 Å². The van der Waals surface area contributed by atoms with E-state index in [-0.39, 0.29) is 12.5 Å². The Morgan fingerprint density at radius 3 is 2.53 bits per heavy atom. The van der Waals surface area contributed by atoms with Crippen LogP contribution in [-0.2, 0) is 16.1 Å². The van der Waals surface area contributed by atoms with Crippen molar-refractivity contribution in [3.8, 4) is 5.75 Å². The summed E-state index contributed by atoms with van der Waals surface area (Å²) in [7, 11) is 5.17. The molecule has 5 nitrogen and oxygen atoms in total. The van der Waals surface area contributed by atoms with E-state index in [2.05, 4.69) is 5.43 Å². The van der Waals surface area contributed by atoms with E-state index in [9.17, 15) is 4.79 Å². The topological polar surface area (TPSA) is 50.8 Å². The molecule has 106 valence electrons. The monoisotopic (exact) mass is 266 g/mol. The lowest BCUT2D eigenvalue weighted by Crippen LogP contribution is -2.38. The highest BCUT2D eigenvalue weighted by molar-refractivity contribution is 5.76. The highest BCUT2D eigenvalue weighted by Crippen LogP contribution is 2.22. The molecule has 5 heteroatoms. The molecule has 0 aliphatic carbocycles. The van der Waals surface area contributed by atoms with Gasteiger partial charge in [-0.2, -0.15) is 0 Å². The van der Waals surface area contributed by atoms with Gasteiger partial charge in [-0.1, -0.05) is 0 Å². The van der Waals surface area contributed by atoms with Crippen molar-refractivity contribution in [2.75, 3.05) is 27.8 Å². The molecular weight excluding hydrogens is 244 g/mol. The fraction of sp³-hybridized carbons (Fsp3) is 0.500. The number of amides is 1. The van der Waals surface area contributed by atoms with Crippen molar-refractivity contribution in [2.24, 2.45) is 0 Å². The Labute approximate surface area is 114 Å². The van der Waals surface area contributed by atoms with Crippen molar-refractivity contribution in [1.29, 1.82) is 0 Å². The number of aryl methyl sites for hydroxylation is 2. The minimum absolute atomic E-state index is 0.0443. The summed E-state index contributed by atoms with van der Waals surface area (Å²) in [5, 5.41) is 1.59. The third kappa shape index (κ3) is 4.89. The van der Waals surface area contributed by atoms with E-state index in [4.69, 9.17) is 9.47 Å². The zero-order valence-corrected chi connectivity index (χ0v) is 12.2. The van der Waals surface area contributed by atoms with Gasteiger partial charge in [-0.15, -0.1) is 0 Å². The predicted molar refractivity (Wildman–Crippen MR) is 74.0 cm³/mol. The summed E-state index contributed by atoms with van der Waals surface area (Å²) < 4.78 is 10.7. The fourth-order valence-electron chi connectivity index (χ4n) is 1.76. The van der Waals surface area contributed by atoms with Crippen LogP contribution in [0.3, 0.4) is 0 Å². The summed E-state index contributed by atoms with van der Waals surface area (Å²) in [6.45, 7) is 4.45. The van der Waals surface area contributed by atoms with E-state index >= 15 is 0 Å². The first kappa shape index (κ1) is 15.5. The lowest BCUT2D eigenvalue weighted by atomic mass is 10.1. The van der Waals surface area contributed by atoms with Crippen LogP contribution >= 0.6 is 0 Å². The van der Waals surface area contributed by atoms with Crippen molar-refractivity contribution < 1.29 is 14.3 Å². The van der Waals surface area contributed by atoms with Gasteiger partial charge in [0.2, 0.25) is 0 Å². The van der Waals surface area contributed by atoms with E-state index < -0.39 is 0 Å². The molecule has 0 fully saturated rings. The van der Waals surface area contributed by atoms with Gasteiger partial charge in [-0.05, 0) is 42.7 Å². The number of ether oxygens (including phenoxy) is 2. The van der Waals surface area contributed by atoms with Gasteiger partial charge >= 0.3 is 0 Å². The normalized spacial score (nSPS) is 10.6. The van der Waals surface area contributed by atoms with Crippen LogP contribution in [0.5, 0.6) is 5.75 Å². The molecule has 1 N–H and O–H groups in total. The number of carbonyl (C=O) groups excluding carboxylic acids is 1. The van der Waals surface area contributed by atoms with Gasteiger partial charge < -0.3 is 9.47 Å². The Morgan fingerprint density at radius 1 is 1.26 bits per heavy atom. The second kappa shape index (κ2) is 7.11. The van der Waals surface area contributed by atoms with Gasteiger partial charge in [-0.25, -0.2) is 5.01 Å². The molecule has 0 spiro atoms. The van der Waals surface area contributed by atoms with Gasteiger partial charge in [0, 0.05) is 14.1 Å². The van der Waals surface area contributed by atoms with Crippen LogP contribution in [-0.4, -0.2) is 38.7 Å². The number of hydrogen-bond donors (Lipinski definition) is 1. The van der Waals surface area contributed by atoms with Crippen LogP contribution in [0.4, 0.5) is 0 Å². The van der Waals surface area contributed by atoms with Crippen molar-refractivity contribution in [3.63, 3.8) is 0 Å². The predicted octanol–water partition coefficient (Wildman–Crippen LogP) is 1.42. The summed E-state index contributed by atoms with van der Waals surface area (Å²) >= 11 is 0. The Balaban J connectivity index is 2.54. The number of hydrogen-bond acceptors (Lipinski definition) is 4. The number of methoxy groups -OCH3 is 1. The van der Waals surface area contributed by atoms with Crippen LogP contribution in [0.2, 0.25) is 0 Å². The van der Waals surface area contributed by atoms with E-state index in [1.807, 2.05) is 26.0 Å². The number of benzene rings is 1. The Morgan fingerprint density at radius 2 is 1.95 bits per heavy atom. The van der Waals surface area contributed by atoms with E-state index in [0.29, 0.717) is 6.61 Å². The smallest absolute Gasteiger partial charge is 0.260 e. The molecule has 0 saturated heterocycles. The molecule has 1 aromatic carbocycles. The second-order valence-corrected chi connectivity index (χ2v) is 4.67. The average molecular weight is 266 g/mol. The largest absolute Gasteiger partial charge is 0.496 e. The van der Waals surface area contributed by atoms with E-state index in [0.717, 1.165) is 22.4 Å². The molecule has 0 radical (unpaired) electrons. The molecule has 0 heterocycles. The molecule has 0 aliphatic heterocycles. The van der Waals surface area contributed by atoms with Gasteiger partial charge in [0.15, 0.2) is 0 Å². The lowest BCUT2D eigenvalue weighted by molar-refractivity contribution is -0.129. The van der Waals surface area contributed by atoms with Crippen LogP contribution < -0.4 is 10.2 Å². The first-order valence-corrected chi connectivity index (χ1v) is 6.12. The molecule has 0 saturated carbocycles. The summed E-state index contributed by atoms with van der Waals surface area (Å²) in [6.07, 6.45) is 0. The molecule has 0 unspecified atom stereocenters. The van der Waals surface area contributed by atoms with Crippen molar-refractivity contribution >= 4 is 5.91 Å². The maximum absolute atomic E-state index is 11.4. The van der Waals surface area contributed by atoms with Crippen LogP contribution in [0.1, 0.15) is 16.7 Å². The molecular formula is C14H22N2O3. The summed E-state index contributed by atoms with van der Waals surface area (Å²) in [5.41, 5.74) is 5.84. The molecule has 0 bridgehead atoms. The Kier molecular flexibility index (Phi) is 5.79. The number of nitrogens with one attached hydrogen (secondary N) is 1. The van der Waals surface area contributed by atoms with Gasteiger partial charge in [-0.3, -0.25) is 10.2 Å². The Bertz CT molecular complexity index is 445. The number of nitrogens with zero attached hydrogens (tertiary/aromatic N) is 1. The SMILES string of the molecule is COc1cc(C)c(COCC(=O)NN(C)C)cc1C. The zero-order chi connectivity index (χ0) is 14.4.